The molecule has 2 N–H and O–H groups in total. The molecular weight excluding hydrogens is 467 g/mol. The minimum Gasteiger partial charge on any atom is -1.00 e. The van der Waals surface area contributed by atoms with Crippen molar-refractivity contribution < 1.29 is 42.9 Å². The van der Waals surface area contributed by atoms with E-state index in [-0.39, 0.29) is 17.0 Å². The van der Waals surface area contributed by atoms with Gasteiger partial charge in [-0.15, -0.1) is 0 Å². The lowest BCUT2D eigenvalue weighted by molar-refractivity contribution is -0.0000118. The molecule has 0 saturated heterocycles. The zero-order valence-electron chi connectivity index (χ0n) is 8.15. The number of benzene rings is 1. The lowest BCUT2D eigenvalue weighted by Gasteiger charge is -2.03. The lowest BCUT2D eigenvalue weighted by atomic mass is 10.3. The van der Waals surface area contributed by atoms with Crippen LogP contribution in [0.1, 0.15) is 0 Å². The first-order valence-corrected chi connectivity index (χ1v) is 7.67. The van der Waals surface area contributed by atoms with Crippen molar-refractivity contribution in [3.05, 3.63) is 20.7 Å². The summed E-state index contributed by atoms with van der Waals surface area (Å²) in [5.74, 6) is 0. The van der Waals surface area contributed by atoms with Crippen molar-refractivity contribution in [3.8, 4) is 0 Å². The van der Waals surface area contributed by atoms with Crippen molar-refractivity contribution in [2.24, 2.45) is 0 Å². The molecule has 1 aromatic rings. The van der Waals surface area contributed by atoms with Gasteiger partial charge in [0.25, 0.3) is 20.2 Å². The molecule has 0 amide bonds. The third-order valence-corrected chi connectivity index (χ3v) is 5.31. The molecular formula is C6H4BrIN2O6S2. The zero-order chi connectivity index (χ0) is 13.4. The van der Waals surface area contributed by atoms with E-state index in [2.05, 4.69) is 4.98 Å². The Morgan fingerprint density at radius 1 is 1.06 bits per heavy atom. The molecule has 100 valence electrons. The summed E-state index contributed by atoms with van der Waals surface area (Å²) >= 11 is 1.32. The fourth-order valence-electron chi connectivity index (χ4n) is 0.992. The van der Waals surface area contributed by atoms with E-state index < -0.39 is 39.3 Å². The second-order valence-corrected chi connectivity index (χ2v) is 6.66. The van der Waals surface area contributed by atoms with Gasteiger partial charge in [-0.1, -0.05) is 0 Å². The van der Waals surface area contributed by atoms with Crippen LogP contribution in [-0.4, -0.2) is 25.9 Å². The van der Waals surface area contributed by atoms with Crippen LogP contribution in [0.15, 0.2) is 21.9 Å². The van der Waals surface area contributed by atoms with Crippen molar-refractivity contribution >= 4 is 48.5 Å². The fourth-order valence-corrected chi connectivity index (χ4v) is 4.25. The predicted molar refractivity (Wildman–Crippen MR) is 63.5 cm³/mol. The molecule has 0 heterocycles. The van der Waals surface area contributed by atoms with Crippen molar-refractivity contribution in [3.63, 3.8) is 0 Å². The smallest absolute Gasteiger partial charge is 0.387 e. The minimum atomic E-state index is -4.70. The number of halogens is 2. The van der Waals surface area contributed by atoms with Crippen LogP contribution < -0.4 is 17.0 Å². The highest BCUT2D eigenvalue weighted by Gasteiger charge is 2.27. The predicted octanol–water partition coefficient (Wildman–Crippen LogP) is -1.73. The Kier molecular flexibility index (Phi) is 5.65. The van der Waals surface area contributed by atoms with E-state index in [4.69, 9.17) is 14.5 Å². The minimum absolute atomic E-state index is 0. The fraction of sp³-hybridized carbons (Fsp3) is 0. The normalized spacial score (nSPS) is 11.4. The van der Waals surface area contributed by atoms with Crippen LogP contribution in [0.25, 0.3) is 4.98 Å². The molecule has 0 aliphatic rings. The van der Waals surface area contributed by atoms with Gasteiger partial charge >= 0.3 is 5.69 Å². The Bertz CT molecular complexity index is 670. The van der Waals surface area contributed by atoms with Gasteiger partial charge in [0.15, 0.2) is 4.98 Å². The Labute approximate surface area is 126 Å². The van der Waals surface area contributed by atoms with Crippen molar-refractivity contribution in [1.29, 1.82) is 5.39 Å². The molecule has 0 bridgehead atoms. The number of hydrogen-bond donors (Lipinski definition) is 2. The summed E-state index contributed by atoms with van der Waals surface area (Å²) in [5, 5.41) is 8.48. The number of rotatable bonds is 2. The molecule has 0 atom stereocenters. The molecule has 12 heteroatoms. The maximum absolute atomic E-state index is 11.0. The van der Waals surface area contributed by atoms with Gasteiger partial charge in [-0.25, -0.2) is 0 Å². The summed E-state index contributed by atoms with van der Waals surface area (Å²) in [4.78, 5) is 1.05. The Balaban J connectivity index is 0.00000289. The average Bonchev–Trinajstić information content (AvgIpc) is 2.14. The molecule has 0 unspecified atom stereocenters. The highest BCUT2D eigenvalue weighted by molar-refractivity contribution is 14.1. The third kappa shape index (κ3) is 3.83. The lowest BCUT2D eigenvalue weighted by Crippen LogP contribution is -3.00. The van der Waals surface area contributed by atoms with Gasteiger partial charge in [0.1, 0.15) is 9.79 Å². The van der Waals surface area contributed by atoms with Gasteiger partial charge in [-0.3, -0.25) is 9.11 Å². The number of diazo groups is 1. The second-order valence-electron chi connectivity index (χ2n) is 2.81. The van der Waals surface area contributed by atoms with E-state index in [1.54, 1.807) is 0 Å². The summed E-state index contributed by atoms with van der Waals surface area (Å²) in [6, 6.07) is 1.51. The van der Waals surface area contributed by atoms with Gasteiger partial charge in [0.2, 0.25) is 5.39 Å². The first-order chi connectivity index (χ1) is 7.57. The van der Waals surface area contributed by atoms with E-state index in [1.165, 1.54) is 22.6 Å². The zero-order valence-corrected chi connectivity index (χ0v) is 13.5. The molecule has 8 nitrogen and oxygen atoms in total. The largest absolute Gasteiger partial charge is 1.00 e. The van der Waals surface area contributed by atoms with Gasteiger partial charge in [0.05, 0.1) is 15.7 Å². The topological polar surface area (TPSA) is 137 Å². The Morgan fingerprint density at radius 2 is 1.39 bits per heavy atom. The summed E-state index contributed by atoms with van der Waals surface area (Å²) < 4.78 is 61.1. The highest BCUT2D eigenvalue weighted by atomic mass is 127. The second kappa shape index (κ2) is 5.75. The SMILES string of the molecule is N#[N+]c1cc(S(=O)(=O)O)c(I)c(S(=O)(=O)O)c1.[Br-]. The van der Waals surface area contributed by atoms with Gasteiger partial charge in [-0.05, 0) is 22.6 Å². The van der Waals surface area contributed by atoms with E-state index in [1.807, 2.05) is 0 Å². The molecule has 0 aliphatic heterocycles. The van der Waals surface area contributed by atoms with E-state index >= 15 is 0 Å². The van der Waals surface area contributed by atoms with Crippen LogP contribution in [0.2, 0.25) is 0 Å². The number of hydrogen-bond acceptors (Lipinski definition) is 5. The highest BCUT2D eigenvalue weighted by Crippen LogP contribution is 2.30. The van der Waals surface area contributed by atoms with Crippen LogP contribution in [0.4, 0.5) is 5.69 Å². The van der Waals surface area contributed by atoms with Crippen molar-refractivity contribution in [2.45, 2.75) is 9.79 Å². The van der Waals surface area contributed by atoms with E-state index in [0.717, 1.165) is 12.1 Å². The molecule has 0 spiro atoms. The Hall–Kier alpha value is -0.330. The molecule has 1 aromatic carbocycles. The average molecular weight is 471 g/mol. The summed E-state index contributed by atoms with van der Waals surface area (Å²) in [6.07, 6.45) is 0. The van der Waals surface area contributed by atoms with Crippen LogP contribution in [-0.2, 0) is 20.2 Å². The van der Waals surface area contributed by atoms with Crippen LogP contribution in [0.5, 0.6) is 0 Å². The monoisotopic (exact) mass is 470 g/mol. The standard InChI is InChI=1S/C6H3IN2O6S2.BrH/c7-6-4(16(10,11)12)1-3(9-8)2-5(6)17(13,14)15;/h1-2H,(H-,10,11,12,13,14,15);1H. The molecule has 0 aliphatic carbocycles. The molecule has 1 rings (SSSR count). The van der Waals surface area contributed by atoms with Crippen LogP contribution >= 0.6 is 22.6 Å². The van der Waals surface area contributed by atoms with E-state index in [9.17, 15) is 16.8 Å². The van der Waals surface area contributed by atoms with Crippen LogP contribution in [0.3, 0.4) is 0 Å². The summed E-state index contributed by atoms with van der Waals surface area (Å²) in [6.45, 7) is 0. The Morgan fingerprint density at radius 3 is 1.61 bits per heavy atom. The maximum atomic E-state index is 11.0. The van der Waals surface area contributed by atoms with Crippen LogP contribution in [0, 0.1) is 8.96 Å². The summed E-state index contributed by atoms with van der Waals surface area (Å²) in [7, 11) is -9.41. The maximum Gasteiger partial charge on any atom is 0.387 e. The third-order valence-electron chi connectivity index (χ3n) is 1.66. The molecule has 18 heavy (non-hydrogen) atoms. The number of nitrogens with zero attached hydrogens (tertiary/aromatic N) is 2. The van der Waals surface area contributed by atoms with E-state index in [0.29, 0.717) is 0 Å². The van der Waals surface area contributed by atoms with Gasteiger partial charge in [0, 0.05) is 0 Å². The molecule has 0 aromatic heterocycles. The molecule has 0 saturated carbocycles. The van der Waals surface area contributed by atoms with Crippen molar-refractivity contribution in [1.82, 2.24) is 0 Å². The first-order valence-electron chi connectivity index (χ1n) is 3.71. The molecule has 0 radical (unpaired) electrons. The first kappa shape index (κ1) is 17.7. The molecule has 0 fully saturated rings. The summed E-state index contributed by atoms with van der Waals surface area (Å²) in [5.41, 5.74) is -0.439. The van der Waals surface area contributed by atoms with Crippen molar-refractivity contribution in [2.75, 3.05) is 0 Å². The van der Waals surface area contributed by atoms with Gasteiger partial charge < -0.3 is 17.0 Å². The quantitative estimate of drug-likeness (QED) is 0.297. The van der Waals surface area contributed by atoms with Gasteiger partial charge in [-0.2, -0.15) is 16.8 Å².